The molecule has 0 saturated carbocycles. The minimum atomic E-state index is -0.477. The maximum absolute atomic E-state index is 5.19. The summed E-state index contributed by atoms with van der Waals surface area (Å²) in [4.78, 5) is 12.8. The Hall–Kier alpha value is -8.86. The Balaban J connectivity index is 0.850. The lowest BCUT2D eigenvalue weighted by molar-refractivity contribution is 0.674. The third-order valence-corrected chi connectivity index (χ3v) is 14.0. The van der Waals surface area contributed by atoms with Crippen LogP contribution in [0.4, 0.5) is 17.1 Å². The van der Waals surface area contributed by atoms with Crippen LogP contribution in [0.3, 0.4) is 0 Å². The van der Waals surface area contributed by atoms with E-state index < -0.39 is 5.41 Å². The minimum absolute atomic E-state index is 0.281. The summed E-state index contributed by atoms with van der Waals surface area (Å²) in [7, 11) is 0. The van der Waals surface area contributed by atoms with E-state index in [9.17, 15) is 0 Å². The molecule has 1 atom stereocenters. The van der Waals surface area contributed by atoms with Gasteiger partial charge >= 0.3 is 0 Å². The van der Waals surface area contributed by atoms with Crippen molar-refractivity contribution in [2.24, 2.45) is 9.98 Å². The number of anilines is 3. The first-order valence-corrected chi connectivity index (χ1v) is 23.3. The first kappa shape index (κ1) is 39.5. The summed E-state index contributed by atoms with van der Waals surface area (Å²) in [6.07, 6.45) is -0.281. The predicted octanol–water partition coefficient (Wildman–Crippen LogP) is 15.3. The van der Waals surface area contributed by atoms with Crippen LogP contribution in [0.25, 0.3) is 44.5 Å². The SMILES string of the molecule is c1ccc(-c2ccc(C3=NC(c4cccc(-c5ccc(-c6ccc7c(c6)-c6ccccc6C76c7ccccc7N(c7ccccc7)c7ccccc76)cc5)c4)=NC(c4ccccc4)N3)cc2)cc1. The van der Waals surface area contributed by atoms with E-state index in [1.54, 1.807) is 0 Å². The van der Waals surface area contributed by atoms with Gasteiger partial charge in [0.05, 0.1) is 16.8 Å². The lowest BCUT2D eigenvalue weighted by Gasteiger charge is -2.45. The molecule has 1 unspecified atom stereocenters. The summed E-state index contributed by atoms with van der Waals surface area (Å²) < 4.78 is 0. The quantitative estimate of drug-likeness (QED) is 0.173. The number of fused-ring (bicyclic) bond motifs is 9. The van der Waals surface area contributed by atoms with Crippen LogP contribution in [-0.2, 0) is 5.41 Å². The fourth-order valence-corrected chi connectivity index (χ4v) is 10.8. The Morgan fingerprint density at radius 3 is 1.50 bits per heavy atom. The third kappa shape index (κ3) is 6.45. The van der Waals surface area contributed by atoms with Crippen LogP contribution in [0, 0.1) is 0 Å². The average molecular weight is 869 g/mol. The Morgan fingerprint density at radius 1 is 0.353 bits per heavy atom. The van der Waals surface area contributed by atoms with Crippen molar-refractivity contribution >= 4 is 28.7 Å². The van der Waals surface area contributed by atoms with Gasteiger partial charge in [-0.3, -0.25) is 0 Å². The normalized spacial score (nSPS) is 15.0. The van der Waals surface area contributed by atoms with Crippen molar-refractivity contribution in [3.63, 3.8) is 0 Å². The summed E-state index contributed by atoms with van der Waals surface area (Å²) >= 11 is 0. The molecule has 2 aliphatic heterocycles. The molecule has 1 spiro atoms. The monoisotopic (exact) mass is 868 g/mol. The number of amidine groups is 2. The molecule has 320 valence electrons. The summed E-state index contributed by atoms with van der Waals surface area (Å²) in [6.45, 7) is 0. The highest BCUT2D eigenvalue weighted by molar-refractivity contribution is 6.13. The van der Waals surface area contributed by atoms with Gasteiger partial charge in [-0.25, -0.2) is 9.98 Å². The van der Waals surface area contributed by atoms with E-state index in [2.05, 4.69) is 253 Å². The van der Waals surface area contributed by atoms with E-state index in [1.165, 1.54) is 67.0 Å². The number of benzene rings is 10. The zero-order valence-corrected chi connectivity index (χ0v) is 37.2. The summed E-state index contributed by atoms with van der Waals surface area (Å²) in [6, 6.07) is 91.9. The fourth-order valence-electron chi connectivity index (χ4n) is 10.8. The van der Waals surface area contributed by atoms with Gasteiger partial charge in [-0.15, -0.1) is 0 Å². The van der Waals surface area contributed by atoms with E-state index in [-0.39, 0.29) is 6.17 Å². The van der Waals surface area contributed by atoms with Gasteiger partial charge in [0.2, 0.25) is 0 Å². The van der Waals surface area contributed by atoms with Crippen LogP contribution < -0.4 is 10.2 Å². The molecule has 3 aliphatic rings. The summed E-state index contributed by atoms with van der Waals surface area (Å²) in [5, 5.41) is 3.63. The number of nitrogens with one attached hydrogen (secondary N) is 1. The van der Waals surface area contributed by atoms with Crippen LogP contribution in [0.5, 0.6) is 0 Å². The van der Waals surface area contributed by atoms with Gasteiger partial charge < -0.3 is 10.2 Å². The second-order valence-corrected chi connectivity index (χ2v) is 17.7. The lowest BCUT2D eigenvalue weighted by atomic mass is 9.64. The molecule has 10 aromatic carbocycles. The molecule has 0 saturated heterocycles. The predicted molar refractivity (Wildman–Crippen MR) is 280 cm³/mol. The number of aliphatic imine (C=N–C) groups is 2. The van der Waals surface area contributed by atoms with Crippen molar-refractivity contribution in [3.8, 4) is 44.5 Å². The van der Waals surface area contributed by atoms with Crippen LogP contribution in [0.2, 0.25) is 0 Å². The highest BCUT2D eigenvalue weighted by atomic mass is 15.2. The molecule has 1 aliphatic carbocycles. The Bertz CT molecular complexity index is 3530. The summed E-state index contributed by atoms with van der Waals surface area (Å²) in [5.41, 5.74) is 20.9. The zero-order chi connectivity index (χ0) is 45.0. The van der Waals surface area contributed by atoms with E-state index in [0.29, 0.717) is 5.84 Å². The van der Waals surface area contributed by atoms with Crippen molar-refractivity contribution in [3.05, 3.63) is 294 Å². The van der Waals surface area contributed by atoms with Crippen LogP contribution in [0.1, 0.15) is 45.1 Å². The lowest BCUT2D eigenvalue weighted by Crippen LogP contribution is -2.36. The second kappa shape index (κ2) is 16.2. The van der Waals surface area contributed by atoms with E-state index in [1.807, 2.05) is 12.1 Å². The topological polar surface area (TPSA) is 40.0 Å². The maximum atomic E-state index is 5.19. The van der Waals surface area contributed by atoms with Crippen molar-refractivity contribution < 1.29 is 0 Å². The molecule has 0 aromatic heterocycles. The van der Waals surface area contributed by atoms with Crippen molar-refractivity contribution in [1.82, 2.24) is 5.32 Å². The van der Waals surface area contributed by atoms with Crippen LogP contribution >= 0.6 is 0 Å². The number of hydrogen-bond donors (Lipinski definition) is 1. The van der Waals surface area contributed by atoms with E-state index >= 15 is 0 Å². The highest BCUT2D eigenvalue weighted by Gasteiger charge is 2.51. The number of nitrogens with zero attached hydrogens (tertiary/aromatic N) is 3. The maximum Gasteiger partial charge on any atom is 0.159 e. The van der Waals surface area contributed by atoms with Gasteiger partial charge in [-0.05, 0) is 109 Å². The molecular weight excluding hydrogens is 825 g/mol. The largest absolute Gasteiger partial charge is 0.344 e. The molecule has 0 amide bonds. The molecule has 68 heavy (non-hydrogen) atoms. The van der Waals surface area contributed by atoms with Gasteiger partial charge in [0, 0.05) is 16.8 Å². The molecule has 0 radical (unpaired) electrons. The molecule has 1 N–H and O–H groups in total. The van der Waals surface area contributed by atoms with Gasteiger partial charge in [0.15, 0.2) is 5.84 Å². The molecule has 4 heteroatoms. The zero-order valence-electron chi connectivity index (χ0n) is 37.2. The molecule has 13 rings (SSSR count). The Morgan fingerprint density at radius 2 is 0.824 bits per heavy atom. The number of rotatable bonds is 7. The molecule has 4 nitrogen and oxygen atoms in total. The number of para-hydroxylation sites is 3. The number of hydrogen-bond acceptors (Lipinski definition) is 4. The van der Waals surface area contributed by atoms with E-state index in [0.717, 1.165) is 39.3 Å². The third-order valence-electron chi connectivity index (χ3n) is 14.0. The van der Waals surface area contributed by atoms with Gasteiger partial charge in [-0.1, -0.05) is 218 Å². The van der Waals surface area contributed by atoms with Crippen molar-refractivity contribution in [1.29, 1.82) is 0 Å². The van der Waals surface area contributed by atoms with E-state index in [4.69, 9.17) is 9.98 Å². The smallest absolute Gasteiger partial charge is 0.159 e. The highest BCUT2D eigenvalue weighted by Crippen LogP contribution is 2.63. The van der Waals surface area contributed by atoms with Crippen LogP contribution in [0.15, 0.2) is 265 Å². The van der Waals surface area contributed by atoms with Gasteiger partial charge in [-0.2, -0.15) is 0 Å². The first-order valence-electron chi connectivity index (χ1n) is 23.3. The Kier molecular flexibility index (Phi) is 9.43. The average Bonchev–Trinajstić information content (AvgIpc) is 3.71. The molecule has 10 aromatic rings. The molecular formula is C64H44N4. The van der Waals surface area contributed by atoms with Crippen molar-refractivity contribution in [2.75, 3.05) is 4.90 Å². The minimum Gasteiger partial charge on any atom is -0.344 e. The van der Waals surface area contributed by atoms with Crippen molar-refractivity contribution in [2.45, 2.75) is 11.6 Å². The van der Waals surface area contributed by atoms with Crippen LogP contribution in [-0.4, -0.2) is 11.7 Å². The first-order chi connectivity index (χ1) is 33.7. The standard InChI is InChI=1S/C64H44N4/c1-4-17-43(18-5-1)44-35-37-48(38-36-44)62-65-61(47-19-6-2-7-20-47)66-63(67-62)51-22-16-21-49(41-51)45-31-33-46(34-32-45)50-39-40-56-54(42-50)53-25-10-11-26-55(53)64(56)57-27-12-14-29-59(57)68(52-23-8-3-9-24-52)60-30-15-13-28-58(60)64/h1-42,61H,(H,65,66,67). The van der Waals surface area contributed by atoms with Gasteiger partial charge in [0.25, 0.3) is 0 Å². The molecule has 0 bridgehead atoms. The second-order valence-electron chi connectivity index (χ2n) is 17.7. The fraction of sp³-hybridized carbons (Fsp3) is 0.0312. The van der Waals surface area contributed by atoms with Gasteiger partial charge in [0.1, 0.15) is 12.0 Å². The Labute approximate surface area is 396 Å². The summed E-state index contributed by atoms with van der Waals surface area (Å²) in [5.74, 6) is 1.50. The molecule has 0 fully saturated rings. The molecule has 2 heterocycles.